The molecule has 0 atom stereocenters. The standard InChI is InChI=1S/C10H15.3H2O.Ru/c1-7-6-10(4,5)9(3)8(7)2;;;;/h1-5H3;3*1H2;/q-1;;;;+1. The van der Waals surface area contributed by atoms with Crippen molar-refractivity contribution in [3.8, 4) is 0 Å². The Kier molecular flexibility index (Phi) is 12.3. The molecule has 0 bridgehead atoms. The van der Waals surface area contributed by atoms with Crippen LogP contribution in [-0.2, 0) is 19.5 Å². The first-order valence-corrected chi connectivity index (χ1v) is 3.75. The topological polar surface area (TPSA) is 94.5 Å². The molecule has 0 heterocycles. The fourth-order valence-corrected chi connectivity index (χ4v) is 1.41. The zero-order valence-corrected chi connectivity index (χ0v) is 11.1. The first-order valence-electron chi connectivity index (χ1n) is 3.75. The minimum atomic E-state index is 0. The molecule has 0 amide bonds. The largest absolute Gasteiger partial charge is 1.00 e. The first-order chi connectivity index (χ1) is 4.45. The van der Waals surface area contributed by atoms with Gasteiger partial charge in [0, 0.05) is 0 Å². The molecule has 1 radical (unpaired) electrons. The van der Waals surface area contributed by atoms with E-state index >= 15 is 0 Å². The van der Waals surface area contributed by atoms with Crippen molar-refractivity contribution in [2.75, 3.05) is 0 Å². The Morgan fingerprint density at radius 3 is 1.36 bits per heavy atom. The average molecular weight is 290 g/mol. The molecule has 1 aliphatic rings. The van der Waals surface area contributed by atoms with Crippen LogP contribution in [0.25, 0.3) is 0 Å². The van der Waals surface area contributed by atoms with Crippen LogP contribution < -0.4 is 0 Å². The van der Waals surface area contributed by atoms with E-state index in [0.29, 0.717) is 0 Å². The summed E-state index contributed by atoms with van der Waals surface area (Å²) < 4.78 is 0. The van der Waals surface area contributed by atoms with Gasteiger partial charge in [-0.2, -0.15) is 11.1 Å². The maximum atomic E-state index is 3.44. The van der Waals surface area contributed by atoms with E-state index in [2.05, 4.69) is 40.7 Å². The Morgan fingerprint density at radius 1 is 0.929 bits per heavy atom. The van der Waals surface area contributed by atoms with Crippen LogP contribution in [0.15, 0.2) is 16.7 Å². The van der Waals surface area contributed by atoms with Crippen molar-refractivity contribution in [1.82, 2.24) is 0 Å². The predicted octanol–water partition coefficient (Wildman–Crippen LogP) is 0.635. The molecule has 14 heavy (non-hydrogen) atoms. The predicted molar refractivity (Wildman–Crippen MR) is 55.4 cm³/mol. The van der Waals surface area contributed by atoms with E-state index < -0.39 is 0 Å². The van der Waals surface area contributed by atoms with Crippen LogP contribution in [0.1, 0.15) is 34.6 Å². The Morgan fingerprint density at radius 2 is 1.29 bits per heavy atom. The minimum Gasteiger partial charge on any atom is -0.412 e. The van der Waals surface area contributed by atoms with Gasteiger partial charge in [-0.15, -0.1) is 6.92 Å². The van der Waals surface area contributed by atoms with Gasteiger partial charge in [-0.3, -0.25) is 6.08 Å². The second-order valence-corrected chi connectivity index (χ2v) is 3.62. The Labute approximate surface area is 99.0 Å². The van der Waals surface area contributed by atoms with Crippen molar-refractivity contribution in [2.45, 2.75) is 34.6 Å². The number of rotatable bonds is 0. The van der Waals surface area contributed by atoms with E-state index in [1.165, 1.54) is 16.7 Å². The summed E-state index contributed by atoms with van der Waals surface area (Å²) in [5.74, 6) is 0. The maximum absolute atomic E-state index is 3.44. The molecule has 0 fully saturated rings. The summed E-state index contributed by atoms with van der Waals surface area (Å²) in [5.41, 5.74) is 4.39. The Balaban J connectivity index is -0.000000125. The van der Waals surface area contributed by atoms with E-state index in [-0.39, 0.29) is 41.3 Å². The third-order valence-electron chi connectivity index (χ3n) is 2.56. The summed E-state index contributed by atoms with van der Waals surface area (Å²) in [6, 6.07) is 0. The monoisotopic (exact) mass is 291 g/mol. The molecule has 0 spiro atoms. The smallest absolute Gasteiger partial charge is 0.412 e. The van der Waals surface area contributed by atoms with Gasteiger partial charge in [-0.1, -0.05) is 33.1 Å². The third kappa shape index (κ3) is 4.01. The molecule has 4 heteroatoms. The van der Waals surface area contributed by atoms with Crippen molar-refractivity contribution in [2.24, 2.45) is 5.41 Å². The van der Waals surface area contributed by atoms with Crippen molar-refractivity contribution in [1.29, 1.82) is 0 Å². The Bertz CT molecular complexity index is 230. The molecule has 0 aromatic carbocycles. The van der Waals surface area contributed by atoms with Gasteiger partial charge in [0.15, 0.2) is 0 Å². The van der Waals surface area contributed by atoms with Crippen molar-refractivity contribution in [3.63, 3.8) is 0 Å². The molecule has 0 unspecified atom stereocenters. The van der Waals surface area contributed by atoms with Gasteiger partial charge in [0.2, 0.25) is 0 Å². The molecule has 0 saturated carbocycles. The molecule has 0 aliphatic heterocycles. The summed E-state index contributed by atoms with van der Waals surface area (Å²) >= 11 is 0. The number of hydrogen-bond acceptors (Lipinski definition) is 0. The molecular formula is C10H21O3Ru. The van der Waals surface area contributed by atoms with E-state index in [9.17, 15) is 0 Å². The van der Waals surface area contributed by atoms with Crippen LogP contribution in [-0.4, -0.2) is 16.4 Å². The van der Waals surface area contributed by atoms with Gasteiger partial charge in [-0.25, -0.2) is 5.57 Å². The Hall–Kier alpha value is -0.0166. The van der Waals surface area contributed by atoms with Crippen LogP contribution in [0.3, 0.4) is 0 Å². The SMILES string of the molecule is CC1=[C-]C(C)(C)C(C)=C1C.O.O.O.[Ru+]. The normalized spacial score (nSPS) is 16.8. The van der Waals surface area contributed by atoms with E-state index in [1.807, 2.05) is 0 Å². The molecule has 0 aromatic heterocycles. The number of allylic oxidation sites excluding steroid dienone is 4. The molecule has 6 N–H and O–H groups in total. The van der Waals surface area contributed by atoms with Crippen LogP contribution in [0.2, 0.25) is 0 Å². The third-order valence-corrected chi connectivity index (χ3v) is 2.56. The summed E-state index contributed by atoms with van der Waals surface area (Å²) in [5, 5.41) is 0. The van der Waals surface area contributed by atoms with Gasteiger partial charge in [0.05, 0.1) is 0 Å². The molecule has 0 aromatic rings. The fourth-order valence-electron chi connectivity index (χ4n) is 1.41. The van der Waals surface area contributed by atoms with Crippen molar-refractivity contribution < 1.29 is 35.9 Å². The van der Waals surface area contributed by atoms with Gasteiger partial charge < -0.3 is 16.4 Å². The molecular weight excluding hydrogens is 269 g/mol. The van der Waals surface area contributed by atoms with Gasteiger partial charge in [0.25, 0.3) is 0 Å². The zero-order chi connectivity index (χ0) is 7.94. The second-order valence-electron chi connectivity index (χ2n) is 3.62. The quantitative estimate of drug-likeness (QED) is 0.462. The first kappa shape index (κ1) is 23.7. The zero-order valence-electron chi connectivity index (χ0n) is 9.35. The van der Waals surface area contributed by atoms with Crippen LogP contribution >= 0.6 is 0 Å². The van der Waals surface area contributed by atoms with Crippen LogP contribution in [0.5, 0.6) is 0 Å². The van der Waals surface area contributed by atoms with Crippen molar-refractivity contribution in [3.05, 3.63) is 22.8 Å². The van der Waals surface area contributed by atoms with Crippen molar-refractivity contribution >= 4 is 0 Å². The second kappa shape index (κ2) is 7.30. The molecule has 1 rings (SSSR count). The number of hydrogen-bond donors (Lipinski definition) is 0. The minimum absolute atomic E-state index is 0. The molecule has 1 aliphatic carbocycles. The maximum Gasteiger partial charge on any atom is 1.00 e. The van der Waals surface area contributed by atoms with Gasteiger partial charge in [-0.05, 0) is 0 Å². The summed E-state index contributed by atoms with van der Waals surface area (Å²) in [6.45, 7) is 10.9. The molecule has 3 nitrogen and oxygen atoms in total. The summed E-state index contributed by atoms with van der Waals surface area (Å²) in [7, 11) is 0. The van der Waals surface area contributed by atoms with Gasteiger partial charge >= 0.3 is 19.5 Å². The van der Waals surface area contributed by atoms with Crippen LogP contribution in [0, 0.1) is 11.5 Å². The van der Waals surface area contributed by atoms with Crippen LogP contribution in [0.4, 0.5) is 0 Å². The van der Waals surface area contributed by atoms with Gasteiger partial charge in [0.1, 0.15) is 0 Å². The molecule has 0 saturated heterocycles. The molecule has 87 valence electrons. The van der Waals surface area contributed by atoms with E-state index in [4.69, 9.17) is 0 Å². The van der Waals surface area contributed by atoms with E-state index in [1.54, 1.807) is 0 Å². The fraction of sp³-hybridized carbons (Fsp3) is 0.600. The summed E-state index contributed by atoms with van der Waals surface area (Å²) in [4.78, 5) is 0. The average Bonchev–Trinajstić information content (AvgIpc) is 1.95. The summed E-state index contributed by atoms with van der Waals surface area (Å²) in [6.07, 6.45) is 3.44. The van der Waals surface area contributed by atoms with E-state index in [0.717, 1.165) is 0 Å².